The van der Waals surface area contributed by atoms with Crippen LogP contribution in [0.5, 0.6) is 0 Å². The molecular weight excluding hydrogens is 503 g/mol. The fourth-order valence-corrected chi connectivity index (χ4v) is 5.09. The molecule has 11 heteroatoms. The molecule has 0 saturated carbocycles. The van der Waals surface area contributed by atoms with Crippen molar-refractivity contribution >= 4 is 23.6 Å². The molecule has 2 aliphatic rings. The second-order valence-corrected chi connectivity index (χ2v) is 10.7. The quantitative estimate of drug-likeness (QED) is 0.615. The highest BCUT2D eigenvalue weighted by Crippen LogP contribution is 2.23. The first-order valence-electron chi connectivity index (χ1n) is 13.6. The Kier molecular flexibility index (Phi) is 8.98. The van der Waals surface area contributed by atoms with E-state index in [9.17, 15) is 23.6 Å². The number of hydrogen-bond acceptors (Lipinski definition) is 5. The van der Waals surface area contributed by atoms with Gasteiger partial charge in [-0.05, 0) is 56.2 Å². The van der Waals surface area contributed by atoms with Crippen LogP contribution >= 0.6 is 0 Å². The third-order valence-electron chi connectivity index (χ3n) is 7.51. The average Bonchev–Trinajstić information content (AvgIpc) is 3.55. The van der Waals surface area contributed by atoms with Gasteiger partial charge in [0.15, 0.2) is 0 Å². The van der Waals surface area contributed by atoms with Crippen molar-refractivity contribution in [1.29, 1.82) is 0 Å². The Morgan fingerprint density at radius 2 is 2.00 bits per heavy atom. The van der Waals surface area contributed by atoms with Crippen molar-refractivity contribution in [2.24, 2.45) is 5.92 Å². The van der Waals surface area contributed by atoms with Gasteiger partial charge >= 0.3 is 0 Å². The summed E-state index contributed by atoms with van der Waals surface area (Å²) in [5.41, 5.74) is 0.721. The van der Waals surface area contributed by atoms with Gasteiger partial charge in [0, 0.05) is 38.1 Å². The summed E-state index contributed by atoms with van der Waals surface area (Å²) in [6, 6.07) is 3.24. The summed E-state index contributed by atoms with van der Waals surface area (Å²) < 4.78 is 16.4. The second kappa shape index (κ2) is 12.4. The molecule has 2 atom stereocenters. The molecule has 3 heterocycles. The average molecular weight is 541 g/mol. The van der Waals surface area contributed by atoms with Gasteiger partial charge in [0.25, 0.3) is 5.91 Å². The molecule has 0 unspecified atom stereocenters. The number of aromatic nitrogens is 2. The van der Waals surface area contributed by atoms with Crippen LogP contribution < -0.4 is 10.6 Å². The molecular formula is C28H37FN6O4. The first-order valence-corrected chi connectivity index (χ1v) is 13.6. The largest absolute Gasteiger partial charge is 0.355 e. The highest BCUT2D eigenvalue weighted by Gasteiger charge is 2.37. The van der Waals surface area contributed by atoms with Crippen molar-refractivity contribution in [2.45, 2.75) is 65.1 Å². The van der Waals surface area contributed by atoms with Crippen LogP contribution in [-0.2, 0) is 27.3 Å². The molecule has 0 spiro atoms. The molecule has 2 N–H and O–H groups in total. The highest BCUT2D eigenvalue weighted by molar-refractivity contribution is 5.98. The number of nitrogens with one attached hydrogen (secondary N) is 2. The van der Waals surface area contributed by atoms with Crippen molar-refractivity contribution in [3.05, 3.63) is 53.4 Å². The Labute approximate surface area is 227 Å². The molecule has 2 aromatic rings. The van der Waals surface area contributed by atoms with E-state index in [2.05, 4.69) is 15.6 Å². The molecule has 0 aliphatic carbocycles. The van der Waals surface area contributed by atoms with Crippen LogP contribution in [0.15, 0.2) is 30.6 Å². The van der Waals surface area contributed by atoms with E-state index in [0.29, 0.717) is 44.6 Å². The van der Waals surface area contributed by atoms with Gasteiger partial charge in [-0.3, -0.25) is 19.2 Å². The molecule has 10 nitrogen and oxygen atoms in total. The van der Waals surface area contributed by atoms with E-state index in [1.807, 2.05) is 13.8 Å². The number of carbonyl (C=O) groups is 4. The maximum atomic E-state index is 14.7. The standard InChI is InChI=1S/C28H37FN6O4/c1-18(2)23-15-34(26(37)17-33-13-11-30-19(33)3)16-25(36)31-10-4-6-20-8-9-22(29)21(14-20)28(39)35-12-5-7-24(35)27(38)32-23/h8-9,11,13-14,18,23-24H,4-7,10,12,15-17H2,1-3H3,(H,31,36)(H,32,38)/t23-,24-/m0/s1. The fraction of sp³-hybridized carbons (Fsp3) is 0.536. The van der Waals surface area contributed by atoms with Gasteiger partial charge in [-0.2, -0.15) is 0 Å². The van der Waals surface area contributed by atoms with E-state index in [4.69, 9.17) is 0 Å². The Hall–Kier alpha value is -3.76. The van der Waals surface area contributed by atoms with E-state index < -0.39 is 23.8 Å². The van der Waals surface area contributed by atoms with E-state index in [1.165, 1.54) is 15.9 Å². The van der Waals surface area contributed by atoms with Crippen LogP contribution in [0, 0.1) is 18.7 Å². The third kappa shape index (κ3) is 6.82. The molecule has 1 fully saturated rings. The zero-order valence-corrected chi connectivity index (χ0v) is 22.8. The summed E-state index contributed by atoms with van der Waals surface area (Å²) >= 11 is 0. The topological polar surface area (TPSA) is 117 Å². The van der Waals surface area contributed by atoms with Crippen LogP contribution in [0.4, 0.5) is 4.39 Å². The molecule has 4 amide bonds. The Morgan fingerprint density at radius 1 is 1.21 bits per heavy atom. The number of rotatable bonds is 3. The van der Waals surface area contributed by atoms with E-state index >= 15 is 0 Å². The van der Waals surface area contributed by atoms with Crippen molar-refractivity contribution in [2.75, 3.05) is 26.2 Å². The monoisotopic (exact) mass is 540 g/mol. The van der Waals surface area contributed by atoms with Gasteiger partial charge < -0.3 is 25.0 Å². The number of benzene rings is 1. The number of hydrogen-bond donors (Lipinski definition) is 2. The maximum Gasteiger partial charge on any atom is 0.257 e. The number of amides is 4. The summed E-state index contributed by atoms with van der Waals surface area (Å²) in [4.78, 5) is 60.1. The molecule has 210 valence electrons. The van der Waals surface area contributed by atoms with Crippen LogP contribution in [0.1, 0.15) is 54.9 Å². The van der Waals surface area contributed by atoms with Crippen LogP contribution in [0.25, 0.3) is 0 Å². The van der Waals surface area contributed by atoms with Crippen LogP contribution in [-0.4, -0.2) is 81.2 Å². The number of imidazole rings is 1. The number of carbonyl (C=O) groups excluding carboxylic acids is 4. The third-order valence-corrected chi connectivity index (χ3v) is 7.51. The summed E-state index contributed by atoms with van der Waals surface area (Å²) in [7, 11) is 0. The van der Waals surface area contributed by atoms with Gasteiger partial charge in [-0.15, -0.1) is 0 Å². The van der Waals surface area contributed by atoms with E-state index in [1.54, 1.807) is 36.0 Å². The van der Waals surface area contributed by atoms with Gasteiger partial charge in [0.05, 0.1) is 12.1 Å². The summed E-state index contributed by atoms with van der Waals surface area (Å²) in [5, 5.41) is 5.88. The molecule has 1 saturated heterocycles. The van der Waals surface area contributed by atoms with E-state index in [-0.39, 0.29) is 48.8 Å². The van der Waals surface area contributed by atoms with Gasteiger partial charge in [-0.25, -0.2) is 9.37 Å². The minimum atomic E-state index is -0.737. The number of nitrogens with zero attached hydrogens (tertiary/aromatic N) is 4. The lowest BCUT2D eigenvalue weighted by Gasteiger charge is -2.32. The first kappa shape index (κ1) is 28.3. The van der Waals surface area contributed by atoms with Crippen LogP contribution in [0.3, 0.4) is 0 Å². The molecule has 39 heavy (non-hydrogen) atoms. The van der Waals surface area contributed by atoms with Gasteiger partial charge in [0.1, 0.15) is 24.2 Å². The summed E-state index contributed by atoms with van der Waals surface area (Å²) in [6.07, 6.45) is 5.52. The minimum Gasteiger partial charge on any atom is -0.355 e. The molecule has 1 aromatic carbocycles. The molecule has 2 bridgehead atoms. The SMILES string of the molecule is Cc1nccn1CC(=O)N1CC(=O)NCCCc2ccc(F)c(c2)C(=O)N2CCC[C@H]2C(=O)N[C@H](C(C)C)C1. The van der Waals surface area contributed by atoms with Crippen LogP contribution in [0.2, 0.25) is 0 Å². The number of fused-ring (bicyclic) bond motifs is 3. The normalized spacial score (nSPS) is 21.4. The number of aryl methyl sites for hydroxylation is 2. The van der Waals surface area contributed by atoms with Gasteiger partial charge in [0.2, 0.25) is 17.7 Å². The second-order valence-electron chi connectivity index (χ2n) is 10.7. The Balaban J connectivity index is 1.62. The van der Waals surface area contributed by atoms with E-state index in [0.717, 1.165) is 5.56 Å². The molecule has 0 radical (unpaired) electrons. The minimum absolute atomic E-state index is 0.0178. The maximum absolute atomic E-state index is 14.7. The van der Waals surface area contributed by atoms with Crippen molar-refractivity contribution in [3.8, 4) is 0 Å². The Morgan fingerprint density at radius 3 is 2.72 bits per heavy atom. The van der Waals surface area contributed by atoms with Gasteiger partial charge in [-0.1, -0.05) is 19.9 Å². The molecule has 2 aliphatic heterocycles. The van der Waals surface area contributed by atoms with Crippen molar-refractivity contribution in [1.82, 2.24) is 30.0 Å². The highest BCUT2D eigenvalue weighted by atomic mass is 19.1. The first-order chi connectivity index (χ1) is 18.6. The summed E-state index contributed by atoms with van der Waals surface area (Å²) in [5.74, 6) is -1.43. The van der Waals surface area contributed by atoms with Crippen molar-refractivity contribution in [3.63, 3.8) is 0 Å². The summed E-state index contributed by atoms with van der Waals surface area (Å²) in [6.45, 7) is 6.36. The lowest BCUT2D eigenvalue weighted by molar-refractivity contribution is -0.137. The molecule has 1 aromatic heterocycles. The van der Waals surface area contributed by atoms with Crippen molar-refractivity contribution < 1.29 is 23.6 Å². The Bertz CT molecular complexity index is 1230. The predicted molar refractivity (Wildman–Crippen MR) is 142 cm³/mol. The molecule has 4 rings (SSSR count). The fourth-order valence-electron chi connectivity index (χ4n) is 5.09. The lowest BCUT2D eigenvalue weighted by atomic mass is 10.0. The lowest BCUT2D eigenvalue weighted by Crippen LogP contribution is -2.55. The zero-order chi connectivity index (χ0) is 28.1. The predicted octanol–water partition coefficient (Wildman–Crippen LogP) is 1.67. The number of halogens is 1. The zero-order valence-electron chi connectivity index (χ0n) is 22.8. The smallest absolute Gasteiger partial charge is 0.257 e.